The molecule has 2 aromatic rings. The molecule has 21 heavy (non-hydrogen) atoms. The van der Waals surface area contributed by atoms with Crippen molar-refractivity contribution in [2.75, 3.05) is 4.90 Å². The van der Waals surface area contributed by atoms with Gasteiger partial charge in [0.25, 0.3) is 11.8 Å². The fraction of sp³-hybridized carbons (Fsp3) is 0. The molecular weight excluding hydrogens is 274 g/mol. The zero-order valence-corrected chi connectivity index (χ0v) is 10.6. The molecule has 0 aromatic heterocycles. The van der Waals surface area contributed by atoms with E-state index in [1.807, 2.05) is 0 Å². The van der Waals surface area contributed by atoms with Crippen molar-refractivity contribution in [2.45, 2.75) is 0 Å². The molecule has 0 fully saturated rings. The summed E-state index contributed by atoms with van der Waals surface area (Å²) < 4.78 is 0. The maximum Gasteiger partial charge on any atom is 0.335 e. The number of hydrogen-bond donors (Lipinski definition) is 2. The number of nitrogens with zero attached hydrogens (tertiary/aromatic N) is 1. The van der Waals surface area contributed by atoms with Crippen LogP contribution in [0.1, 0.15) is 31.1 Å². The van der Waals surface area contributed by atoms with E-state index in [4.69, 9.17) is 5.11 Å². The Balaban J connectivity index is 2.13. The number of para-hydroxylation sites is 2. The highest BCUT2D eigenvalue weighted by atomic mass is 16.4. The summed E-state index contributed by atoms with van der Waals surface area (Å²) in [6.45, 7) is 0. The van der Waals surface area contributed by atoms with Gasteiger partial charge in [-0.1, -0.05) is 12.1 Å². The van der Waals surface area contributed by atoms with E-state index in [9.17, 15) is 19.5 Å². The minimum absolute atomic E-state index is 0.0168. The first-order chi connectivity index (χ1) is 10.0. The molecule has 1 aliphatic rings. The Morgan fingerprint density at radius 1 is 0.952 bits per heavy atom. The van der Waals surface area contributed by atoms with Gasteiger partial charge in [0, 0.05) is 0 Å². The molecule has 2 aromatic carbocycles. The Kier molecular flexibility index (Phi) is 2.72. The van der Waals surface area contributed by atoms with Crippen molar-refractivity contribution in [3.8, 4) is 5.75 Å². The van der Waals surface area contributed by atoms with E-state index in [0.29, 0.717) is 0 Å². The van der Waals surface area contributed by atoms with Gasteiger partial charge in [0.05, 0.1) is 22.4 Å². The third-order valence-corrected chi connectivity index (χ3v) is 3.26. The smallest absolute Gasteiger partial charge is 0.335 e. The minimum atomic E-state index is -1.18. The molecule has 1 aliphatic heterocycles. The number of rotatable bonds is 2. The van der Waals surface area contributed by atoms with E-state index in [2.05, 4.69) is 0 Å². The lowest BCUT2D eigenvalue weighted by atomic mass is 10.1. The number of benzene rings is 2. The molecule has 2 amide bonds. The predicted molar refractivity (Wildman–Crippen MR) is 72.6 cm³/mol. The van der Waals surface area contributed by atoms with E-state index >= 15 is 0 Å². The summed E-state index contributed by atoms with van der Waals surface area (Å²) in [5.41, 5.74) is 0.131. The zero-order chi connectivity index (χ0) is 15.1. The predicted octanol–water partition coefficient (Wildman–Crippen LogP) is 1.89. The van der Waals surface area contributed by atoms with E-state index in [-0.39, 0.29) is 28.1 Å². The van der Waals surface area contributed by atoms with Crippen LogP contribution in [0.4, 0.5) is 5.69 Å². The van der Waals surface area contributed by atoms with Crippen molar-refractivity contribution in [2.24, 2.45) is 0 Å². The second kappa shape index (κ2) is 4.45. The molecule has 0 spiro atoms. The molecule has 0 saturated heterocycles. The summed E-state index contributed by atoms with van der Waals surface area (Å²) in [4.78, 5) is 36.4. The number of aromatic carboxylic acids is 1. The topological polar surface area (TPSA) is 94.9 Å². The third kappa shape index (κ3) is 1.85. The largest absolute Gasteiger partial charge is 0.506 e. The number of carboxylic acids is 1. The first-order valence-electron chi connectivity index (χ1n) is 6.05. The van der Waals surface area contributed by atoms with Gasteiger partial charge in [-0.05, 0) is 30.3 Å². The molecule has 104 valence electrons. The quantitative estimate of drug-likeness (QED) is 0.821. The van der Waals surface area contributed by atoms with Gasteiger partial charge in [0.2, 0.25) is 0 Å². The fourth-order valence-electron chi connectivity index (χ4n) is 2.25. The third-order valence-electron chi connectivity index (χ3n) is 3.26. The van der Waals surface area contributed by atoms with Crippen LogP contribution >= 0.6 is 0 Å². The van der Waals surface area contributed by atoms with Gasteiger partial charge in [0.15, 0.2) is 0 Å². The number of aromatic hydroxyl groups is 1. The Morgan fingerprint density at radius 3 is 2.29 bits per heavy atom. The van der Waals surface area contributed by atoms with E-state index in [1.54, 1.807) is 12.1 Å². The van der Waals surface area contributed by atoms with Crippen LogP contribution in [-0.2, 0) is 0 Å². The molecule has 0 aliphatic carbocycles. The van der Waals surface area contributed by atoms with Crippen LogP contribution in [0.15, 0.2) is 42.5 Å². The first-order valence-corrected chi connectivity index (χ1v) is 6.05. The molecule has 6 nitrogen and oxygen atoms in total. The fourth-order valence-corrected chi connectivity index (χ4v) is 2.25. The molecule has 2 N–H and O–H groups in total. The van der Waals surface area contributed by atoms with E-state index in [1.165, 1.54) is 24.3 Å². The highest BCUT2D eigenvalue weighted by Gasteiger charge is 2.38. The van der Waals surface area contributed by atoms with Gasteiger partial charge in [0.1, 0.15) is 5.75 Å². The molecule has 3 rings (SSSR count). The van der Waals surface area contributed by atoms with Crippen LogP contribution < -0.4 is 4.90 Å². The maximum absolute atomic E-state index is 12.3. The van der Waals surface area contributed by atoms with Crippen LogP contribution in [-0.4, -0.2) is 28.0 Å². The van der Waals surface area contributed by atoms with Crippen molar-refractivity contribution >= 4 is 23.5 Å². The van der Waals surface area contributed by atoms with Crippen molar-refractivity contribution in [1.82, 2.24) is 0 Å². The van der Waals surface area contributed by atoms with Gasteiger partial charge >= 0.3 is 5.97 Å². The van der Waals surface area contributed by atoms with Crippen molar-refractivity contribution in [3.63, 3.8) is 0 Å². The molecule has 0 saturated carbocycles. The Bertz CT molecular complexity index is 796. The van der Waals surface area contributed by atoms with Crippen molar-refractivity contribution in [3.05, 3.63) is 59.2 Å². The molecule has 6 heteroatoms. The zero-order valence-electron chi connectivity index (χ0n) is 10.6. The normalized spacial score (nSPS) is 13.4. The second-order valence-corrected chi connectivity index (χ2v) is 4.50. The number of imide groups is 1. The SMILES string of the molecule is O=C(O)c1ccc2c(c1)C(=O)N(c1ccccc1O)C2=O. The number of phenols is 1. The summed E-state index contributed by atoms with van der Waals surface area (Å²) >= 11 is 0. The summed E-state index contributed by atoms with van der Waals surface area (Å²) in [5.74, 6) is -2.63. The molecule has 0 radical (unpaired) electrons. The summed E-state index contributed by atoms with van der Waals surface area (Å²) in [5, 5.41) is 18.7. The summed E-state index contributed by atoms with van der Waals surface area (Å²) in [7, 11) is 0. The van der Waals surface area contributed by atoms with Crippen molar-refractivity contribution < 1.29 is 24.6 Å². The number of hydrogen-bond acceptors (Lipinski definition) is 4. The molecule has 1 heterocycles. The number of carbonyl (C=O) groups excluding carboxylic acids is 2. The lowest BCUT2D eigenvalue weighted by molar-refractivity contribution is 0.0696. The van der Waals surface area contributed by atoms with Gasteiger partial charge in [-0.3, -0.25) is 9.59 Å². The lowest BCUT2D eigenvalue weighted by Crippen LogP contribution is -2.29. The number of phenolic OH excluding ortho intramolecular Hbond substituents is 1. The number of amides is 2. The number of carbonyl (C=O) groups is 3. The monoisotopic (exact) mass is 283 g/mol. The first kappa shape index (κ1) is 12.9. The van der Waals surface area contributed by atoms with Crippen LogP contribution in [0, 0.1) is 0 Å². The van der Waals surface area contributed by atoms with Crippen molar-refractivity contribution in [1.29, 1.82) is 0 Å². The maximum atomic E-state index is 12.3. The number of carboxylic acid groups (broad SMARTS) is 1. The van der Waals surface area contributed by atoms with Gasteiger partial charge in [-0.15, -0.1) is 0 Å². The van der Waals surface area contributed by atoms with Crippen LogP contribution in [0.5, 0.6) is 5.75 Å². The Hall–Kier alpha value is -3.15. The molecule has 0 unspecified atom stereocenters. The Labute approximate surface area is 118 Å². The van der Waals surface area contributed by atoms with Gasteiger partial charge < -0.3 is 10.2 Å². The molecular formula is C15H9NO5. The summed E-state index contributed by atoms with van der Waals surface area (Å²) in [6, 6.07) is 9.69. The Morgan fingerprint density at radius 2 is 1.62 bits per heavy atom. The summed E-state index contributed by atoms with van der Waals surface area (Å²) in [6.07, 6.45) is 0. The standard InChI is InChI=1S/C15H9NO5/c17-12-4-2-1-3-11(12)16-13(18)9-6-5-8(15(20)21)7-10(9)14(16)19/h1-7,17H,(H,20,21). The van der Waals surface area contributed by atoms with E-state index < -0.39 is 17.8 Å². The number of anilines is 1. The average Bonchev–Trinajstić information content (AvgIpc) is 2.71. The average molecular weight is 283 g/mol. The highest BCUT2D eigenvalue weighted by Crippen LogP contribution is 2.34. The van der Waals surface area contributed by atoms with Gasteiger partial charge in [-0.2, -0.15) is 0 Å². The number of fused-ring (bicyclic) bond motifs is 1. The minimum Gasteiger partial charge on any atom is -0.506 e. The molecule has 0 atom stereocenters. The second-order valence-electron chi connectivity index (χ2n) is 4.50. The highest BCUT2D eigenvalue weighted by molar-refractivity contribution is 6.35. The van der Waals surface area contributed by atoms with E-state index in [0.717, 1.165) is 11.0 Å². The molecule has 0 bridgehead atoms. The van der Waals surface area contributed by atoms with Crippen LogP contribution in [0.3, 0.4) is 0 Å². The van der Waals surface area contributed by atoms with Crippen LogP contribution in [0.25, 0.3) is 0 Å². The van der Waals surface area contributed by atoms with Crippen LogP contribution in [0.2, 0.25) is 0 Å². The van der Waals surface area contributed by atoms with Gasteiger partial charge in [-0.25, -0.2) is 9.69 Å². The lowest BCUT2D eigenvalue weighted by Gasteiger charge is -2.14.